The van der Waals surface area contributed by atoms with Gasteiger partial charge in [-0.1, -0.05) is 19.3 Å². The molecule has 0 radical (unpaired) electrons. The van der Waals surface area contributed by atoms with Crippen molar-refractivity contribution < 1.29 is 22.7 Å². The summed E-state index contributed by atoms with van der Waals surface area (Å²) in [7, 11) is -3.75. The summed E-state index contributed by atoms with van der Waals surface area (Å²) in [6.07, 6.45) is 4.76. The Balaban J connectivity index is 2.11. The van der Waals surface area contributed by atoms with E-state index in [0.717, 1.165) is 44.2 Å². The Morgan fingerprint density at radius 1 is 1.28 bits per heavy atom. The van der Waals surface area contributed by atoms with Crippen LogP contribution in [0.4, 0.5) is 0 Å². The highest BCUT2D eigenvalue weighted by molar-refractivity contribution is 7.89. The summed E-state index contributed by atoms with van der Waals surface area (Å²) in [4.78, 5) is 10.6. The average molecular weight is 273 g/mol. The summed E-state index contributed by atoms with van der Waals surface area (Å²) in [6.45, 7) is 0. The van der Waals surface area contributed by atoms with E-state index in [4.69, 9.17) is 9.52 Å². The van der Waals surface area contributed by atoms with Gasteiger partial charge in [-0.05, 0) is 25.0 Å². The SMILES string of the molecule is O=C(O)c1ccc(S(=O)(=O)NC2CCCCC2)o1. The van der Waals surface area contributed by atoms with Gasteiger partial charge >= 0.3 is 5.97 Å². The average Bonchev–Trinajstić information content (AvgIpc) is 2.79. The van der Waals surface area contributed by atoms with E-state index in [2.05, 4.69) is 4.72 Å². The number of nitrogens with one attached hydrogen (secondary N) is 1. The standard InChI is InChI=1S/C11H15NO5S/c13-11(14)9-6-7-10(17-9)18(15,16)12-8-4-2-1-3-5-8/h6-8,12H,1-5H2,(H,13,14). The molecule has 0 aliphatic heterocycles. The zero-order chi connectivity index (χ0) is 13.2. The van der Waals surface area contributed by atoms with E-state index in [9.17, 15) is 13.2 Å². The second kappa shape index (κ2) is 5.11. The second-order valence-electron chi connectivity index (χ2n) is 4.38. The lowest BCUT2D eigenvalue weighted by molar-refractivity contribution is 0.0656. The van der Waals surface area contributed by atoms with Gasteiger partial charge in [-0.15, -0.1) is 0 Å². The molecule has 1 fully saturated rings. The molecule has 0 saturated heterocycles. The van der Waals surface area contributed by atoms with Gasteiger partial charge in [0.15, 0.2) is 0 Å². The van der Waals surface area contributed by atoms with Gasteiger partial charge < -0.3 is 9.52 Å². The molecule has 1 heterocycles. The summed E-state index contributed by atoms with van der Waals surface area (Å²) in [6, 6.07) is 2.22. The fraction of sp³-hybridized carbons (Fsp3) is 0.545. The van der Waals surface area contributed by atoms with Gasteiger partial charge in [0.2, 0.25) is 10.9 Å². The fourth-order valence-corrected chi connectivity index (χ4v) is 3.31. The zero-order valence-electron chi connectivity index (χ0n) is 9.76. The van der Waals surface area contributed by atoms with Crippen LogP contribution in [0.5, 0.6) is 0 Å². The number of carbonyl (C=O) groups is 1. The van der Waals surface area contributed by atoms with Gasteiger partial charge in [-0.25, -0.2) is 17.9 Å². The Labute approximate surface area is 105 Å². The van der Waals surface area contributed by atoms with Crippen LogP contribution in [0.3, 0.4) is 0 Å². The minimum absolute atomic E-state index is 0.0814. The minimum atomic E-state index is -3.75. The molecule has 1 saturated carbocycles. The predicted molar refractivity (Wildman–Crippen MR) is 62.9 cm³/mol. The molecule has 7 heteroatoms. The summed E-state index contributed by atoms with van der Waals surface area (Å²) >= 11 is 0. The normalized spacial score (nSPS) is 17.8. The quantitative estimate of drug-likeness (QED) is 0.868. The van der Waals surface area contributed by atoms with Gasteiger partial charge in [0.1, 0.15) is 0 Å². The van der Waals surface area contributed by atoms with Gasteiger partial charge in [-0.2, -0.15) is 0 Å². The summed E-state index contributed by atoms with van der Waals surface area (Å²) in [5.74, 6) is -1.66. The molecule has 0 unspecified atom stereocenters. The molecule has 1 aromatic heterocycles. The van der Waals surface area contributed by atoms with Gasteiger partial charge in [-0.3, -0.25) is 0 Å². The first-order valence-corrected chi connectivity index (χ1v) is 7.33. The molecule has 0 bridgehead atoms. The molecule has 2 N–H and O–H groups in total. The maximum atomic E-state index is 11.9. The lowest BCUT2D eigenvalue weighted by Gasteiger charge is -2.21. The largest absolute Gasteiger partial charge is 0.475 e. The van der Waals surface area contributed by atoms with E-state index >= 15 is 0 Å². The molecule has 6 nitrogen and oxygen atoms in total. The maximum absolute atomic E-state index is 11.9. The molecule has 2 rings (SSSR count). The van der Waals surface area contributed by atoms with Crippen LogP contribution in [0.2, 0.25) is 0 Å². The molecule has 18 heavy (non-hydrogen) atoms. The van der Waals surface area contributed by atoms with Crippen molar-refractivity contribution >= 4 is 16.0 Å². The number of furan rings is 1. The van der Waals surface area contributed by atoms with Crippen LogP contribution < -0.4 is 4.72 Å². The third kappa shape index (κ3) is 2.91. The van der Waals surface area contributed by atoms with Crippen molar-refractivity contribution in [3.05, 3.63) is 17.9 Å². The topological polar surface area (TPSA) is 96.6 Å². The first-order chi connectivity index (χ1) is 8.49. The first kappa shape index (κ1) is 13.1. The zero-order valence-corrected chi connectivity index (χ0v) is 10.6. The van der Waals surface area contributed by atoms with Crippen LogP contribution in [0, 0.1) is 0 Å². The van der Waals surface area contributed by atoms with Crippen molar-refractivity contribution in [2.75, 3.05) is 0 Å². The minimum Gasteiger partial charge on any atom is -0.475 e. The highest BCUT2D eigenvalue weighted by atomic mass is 32.2. The molecule has 1 aromatic rings. The third-order valence-corrected chi connectivity index (χ3v) is 4.38. The fourth-order valence-electron chi connectivity index (χ4n) is 2.08. The monoisotopic (exact) mass is 273 g/mol. The number of carboxylic acids is 1. The smallest absolute Gasteiger partial charge is 0.371 e. The third-order valence-electron chi connectivity index (χ3n) is 2.98. The Hall–Kier alpha value is -1.34. The van der Waals surface area contributed by atoms with E-state index in [-0.39, 0.29) is 16.9 Å². The first-order valence-electron chi connectivity index (χ1n) is 5.84. The van der Waals surface area contributed by atoms with Crippen molar-refractivity contribution in [2.45, 2.75) is 43.2 Å². The molecule has 0 aromatic carbocycles. The van der Waals surface area contributed by atoms with Crippen LogP contribution in [-0.2, 0) is 10.0 Å². The van der Waals surface area contributed by atoms with Crippen molar-refractivity contribution in [1.82, 2.24) is 4.72 Å². The van der Waals surface area contributed by atoms with Gasteiger partial charge in [0.25, 0.3) is 10.0 Å². The van der Waals surface area contributed by atoms with Crippen LogP contribution in [0.15, 0.2) is 21.6 Å². The van der Waals surface area contributed by atoms with E-state index in [0.29, 0.717) is 0 Å². The van der Waals surface area contributed by atoms with Crippen LogP contribution in [0.25, 0.3) is 0 Å². The summed E-state index contributed by atoms with van der Waals surface area (Å²) in [5.41, 5.74) is 0. The van der Waals surface area contributed by atoms with E-state index in [1.54, 1.807) is 0 Å². The maximum Gasteiger partial charge on any atom is 0.371 e. The Bertz CT molecular complexity index is 527. The predicted octanol–water partition coefficient (Wildman–Crippen LogP) is 1.59. The van der Waals surface area contributed by atoms with Gasteiger partial charge in [0, 0.05) is 6.04 Å². The van der Waals surface area contributed by atoms with Gasteiger partial charge in [0.05, 0.1) is 0 Å². The van der Waals surface area contributed by atoms with E-state index < -0.39 is 16.0 Å². The molecule has 1 aliphatic carbocycles. The number of aromatic carboxylic acids is 1. The number of rotatable bonds is 4. The summed E-state index contributed by atoms with van der Waals surface area (Å²) in [5, 5.41) is 8.33. The molecular formula is C11H15NO5S. The van der Waals surface area contributed by atoms with Crippen molar-refractivity contribution in [3.8, 4) is 0 Å². The lowest BCUT2D eigenvalue weighted by atomic mass is 9.96. The Morgan fingerprint density at radius 2 is 1.94 bits per heavy atom. The molecule has 0 amide bonds. The van der Waals surface area contributed by atoms with E-state index in [1.165, 1.54) is 0 Å². The Morgan fingerprint density at radius 3 is 2.50 bits per heavy atom. The second-order valence-corrected chi connectivity index (χ2v) is 6.03. The number of sulfonamides is 1. The Kier molecular flexibility index (Phi) is 3.72. The molecule has 0 atom stereocenters. The molecule has 100 valence electrons. The van der Waals surface area contributed by atoms with Crippen molar-refractivity contribution in [1.29, 1.82) is 0 Å². The van der Waals surface area contributed by atoms with E-state index in [1.807, 2.05) is 0 Å². The molecule has 0 spiro atoms. The van der Waals surface area contributed by atoms with Crippen molar-refractivity contribution in [3.63, 3.8) is 0 Å². The summed E-state index contributed by atoms with van der Waals surface area (Å²) < 4.78 is 31.2. The van der Waals surface area contributed by atoms with Crippen molar-refractivity contribution in [2.24, 2.45) is 0 Å². The lowest BCUT2D eigenvalue weighted by Crippen LogP contribution is -2.35. The highest BCUT2D eigenvalue weighted by Crippen LogP contribution is 2.20. The molecular weight excluding hydrogens is 258 g/mol. The molecule has 1 aliphatic rings. The van der Waals surface area contributed by atoms with Crippen LogP contribution in [0.1, 0.15) is 42.7 Å². The highest BCUT2D eigenvalue weighted by Gasteiger charge is 2.25. The number of carboxylic acid groups (broad SMARTS) is 1. The number of hydrogen-bond acceptors (Lipinski definition) is 4. The number of hydrogen-bond donors (Lipinski definition) is 2. The van der Waals surface area contributed by atoms with Crippen LogP contribution >= 0.6 is 0 Å². The van der Waals surface area contributed by atoms with Crippen LogP contribution in [-0.4, -0.2) is 25.5 Å².